The summed E-state index contributed by atoms with van der Waals surface area (Å²) >= 11 is 0. The van der Waals surface area contributed by atoms with Crippen molar-refractivity contribution in [2.45, 2.75) is 26.2 Å². The number of hydrogen-bond donors (Lipinski definition) is 1. The molecule has 0 atom stereocenters. The summed E-state index contributed by atoms with van der Waals surface area (Å²) in [5.74, 6) is 1.46. The second kappa shape index (κ2) is 8.79. The Balaban J connectivity index is 1.45. The molecular weight excluding hydrogens is 458 g/mol. The van der Waals surface area contributed by atoms with Gasteiger partial charge in [0.1, 0.15) is 17.1 Å². The van der Waals surface area contributed by atoms with E-state index >= 15 is 0 Å². The molecule has 5 heteroatoms. The van der Waals surface area contributed by atoms with Crippen LogP contribution in [0.2, 0.25) is 0 Å². The van der Waals surface area contributed by atoms with E-state index in [1.807, 2.05) is 77.4 Å². The van der Waals surface area contributed by atoms with Gasteiger partial charge < -0.3 is 9.84 Å². The summed E-state index contributed by atoms with van der Waals surface area (Å²) in [6, 6.07) is 31.5. The highest BCUT2D eigenvalue weighted by Crippen LogP contribution is 2.36. The number of ether oxygens (including phenoxy) is 1. The third kappa shape index (κ3) is 4.19. The molecule has 3 heterocycles. The summed E-state index contributed by atoms with van der Waals surface area (Å²) in [7, 11) is 0. The van der Waals surface area contributed by atoms with Crippen molar-refractivity contribution < 1.29 is 9.84 Å². The van der Waals surface area contributed by atoms with Crippen LogP contribution in [0.3, 0.4) is 0 Å². The van der Waals surface area contributed by atoms with E-state index < -0.39 is 0 Å². The zero-order valence-electron chi connectivity index (χ0n) is 21.0. The Kier molecular flexibility index (Phi) is 5.41. The third-order valence-electron chi connectivity index (χ3n) is 6.60. The number of phenolic OH excluding ortho intramolecular Hbond substituents is 1. The van der Waals surface area contributed by atoms with E-state index in [4.69, 9.17) is 9.72 Å². The molecule has 0 fully saturated rings. The first-order chi connectivity index (χ1) is 17.9. The van der Waals surface area contributed by atoms with Gasteiger partial charge in [-0.25, -0.2) is 9.97 Å². The van der Waals surface area contributed by atoms with Crippen LogP contribution in [0.5, 0.6) is 17.4 Å². The number of benzene rings is 3. The molecule has 0 spiro atoms. The molecule has 0 amide bonds. The fourth-order valence-electron chi connectivity index (χ4n) is 4.67. The quantitative estimate of drug-likeness (QED) is 0.274. The van der Waals surface area contributed by atoms with Crippen molar-refractivity contribution in [1.29, 1.82) is 0 Å². The summed E-state index contributed by atoms with van der Waals surface area (Å²) < 4.78 is 8.16. The number of fused-ring (bicyclic) bond motifs is 3. The molecule has 5 nitrogen and oxygen atoms in total. The molecule has 0 aliphatic rings. The molecule has 37 heavy (non-hydrogen) atoms. The van der Waals surface area contributed by atoms with Gasteiger partial charge in [0.05, 0.1) is 16.9 Å². The zero-order valence-corrected chi connectivity index (χ0v) is 21.0. The minimum Gasteiger partial charge on any atom is -0.506 e. The second-order valence-electron chi connectivity index (χ2n) is 10.2. The van der Waals surface area contributed by atoms with E-state index in [0.29, 0.717) is 17.3 Å². The lowest BCUT2D eigenvalue weighted by Gasteiger charge is -2.19. The average molecular weight is 486 g/mol. The highest BCUT2D eigenvalue weighted by molar-refractivity contribution is 6.08. The van der Waals surface area contributed by atoms with E-state index in [-0.39, 0.29) is 11.2 Å². The molecule has 0 radical (unpaired) electrons. The molecule has 3 aromatic heterocycles. The van der Waals surface area contributed by atoms with Gasteiger partial charge in [0.2, 0.25) is 5.88 Å². The molecule has 0 saturated heterocycles. The highest BCUT2D eigenvalue weighted by atomic mass is 16.5. The molecule has 3 aromatic carbocycles. The molecule has 1 N–H and O–H groups in total. The zero-order chi connectivity index (χ0) is 25.6. The predicted octanol–water partition coefficient (Wildman–Crippen LogP) is 8.04. The Labute approximate surface area is 215 Å². The maximum Gasteiger partial charge on any atom is 0.219 e. The van der Waals surface area contributed by atoms with Gasteiger partial charge in [0.15, 0.2) is 0 Å². The maximum atomic E-state index is 10.7. The first-order valence-corrected chi connectivity index (χ1v) is 12.3. The number of phenols is 1. The minimum atomic E-state index is 0.00781. The van der Waals surface area contributed by atoms with E-state index in [0.717, 1.165) is 38.8 Å². The molecule has 182 valence electrons. The fraction of sp³-hybridized carbons (Fsp3) is 0.125. The average Bonchev–Trinajstić information content (AvgIpc) is 3.22. The molecule has 0 aliphatic heterocycles. The van der Waals surface area contributed by atoms with Crippen LogP contribution >= 0.6 is 0 Å². The van der Waals surface area contributed by atoms with Crippen LogP contribution in [0.25, 0.3) is 38.9 Å². The summed E-state index contributed by atoms with van der Waals surface area (Å²) in [6.07, 6.45) is 1.78. The molecular formula is C32H27N3O2. The van der Waals surface area contributed by atoms with Crippen molar-refractivity contribution >= 4 is 21.9 Å². The first-order valence-electron chi connectivity index (χ1n) is 12.3. The second-order valence-corrected chi connectivity index (χ2v) is 10.2. The smallest absolute Gasteiger partial charge is 0.219 e. The third-order valence-corrected chi connectivity index (χ3v) is 6.60. The van der Waals surface area contributed by atoms with Gasteiger partial charge in [-0.1, -0.05) is 63.2 Å². The van der Waals surface area contributed by atoms with Gasteiger partial charge in [0.25, 0.3) is 0 Å². The van der Waals surface area contributed by atoms with Gasteiger partial charge in [0, 0.05) is 28.6 Å². The van der Waals surface area contributed by atoms with Crippen molar-refractivity contribution in [3.05, 3.63) is 109 Å². The number of nitrogens with zero attached hydrogens (tertiary/aromatic N) is 3. The van der Waals surface area contributed by atoms with Crippen LogP contribution in [-0.4, -0.2) is 19.6 Å². The van der Waals surface area contributed by atoms with Gasteiger partial charge in [-0.2, -0.15) is 0 Å². The minimum absolute atomic E-state index is 0.00781. The largest absolute Gasteiger partial charge is 0.506 e. The van der Waals surface area contributed by atoms with Crippen LogP contribution in [-0.2, 0) is 5.41 Å². The number of para-hydroxylation sites is 3. The SMILES string of the molecule is CC(C)(C)c1ccnc(Oc2cccc(-c3ccc4c5ccccc5n(-c5ccccc5O)c4n3)c2)c1. The van der Waals surface area contributed by atoms with Gasteiger partial charge in [-0.15, -0.1) is 0 Å². The Morgan fingerprint density at radius 1 is 0.784 bits per heavy atom. The topological polar surface area (TPSA) is 60.2 Å². The van der Waals surface area contributed by atoms with Crippen LogP contribution in [0.4, 0.5) is 0 Å². The number of hydrogen-bond acceptors (Lipinski definition) is 4. The Morgan fingerprint density at radius 2 is 1.59 bits per heavy atom. The van der Waals surface area contributed by atoms with E-state index in [1.54, 1.807) is 12.3 Å². The fourth-order valence-corrected chi connectivity index (χ4v) is 4.67. The van der Waals surface area contributed by atoms with Gasteiger partial charge in [-0.05, 0) is 59.5 Å². The van der Waals surface area contributed by atoms with Crippen molar-refractivity contribution in [1.82, 2.24) is 14.5 Å². The normalized spacial score (nSPS) is 11.8. The lowest BCUT2D eigenvalue weighted by Crippen LogP contribution is -2.11. The van der Waals surface area contributed by atoms with Crippen LogP contribution in [0, 0.1) is 0 Å². The standard InChI is InChI=1S/C32H27N3O2/c1-32(2,3)22-17-18-33-30(20-22)37-23-10-8-9-21(19-23)26-16-15-25-24-11-4-5-12-27(24)35(31(25)34-26)28-13-6-7-14-29(28)36/h4-20,36H,1-3H3. The number of aromatic nitrogens is 3. The molecule has 6 rings (SSSR count). The van der Waals surface area contributed by atoms with Gasteiger partial charge >= 0.3 is 0 Å². The summed E-state index contributed by atoms with van der Waals surface area (Å²) in [5.41, 5.74) is 5.39. The highest BCUT2D eigenvalue weighted by Gasteiger charge is 2.17. The Hall–Kier alpha value is -4.64. The van der Waals surface area contributed by atoms with Crippen LogP contribution < -0.4 is 4.74 Å². The van der Waals surface area contributed by atoms with Crippen molar-refractivity contribution in [3.63, 3.8) is 0 Å². The molecule has 0 bridgehead atoms. The number of aromatic hydroxyl groups is 1. The monoisotopic (exact) mass is 485 g/mol. The van der Waals surface area contributed by atoms with Crippen molar-refractivity contribution in [2.75, 3.05) is 0 Å². The van der Waals surface area contributed by atoms with Crippen LogP contribution in [0.1, 0.15) is 26.3 Å². The number of pyridine rings is 2. The van der Waals surface area contributed by atoms with Crippen molar-refractivity contribution in [2.24, 2.45) is 0 Å². The van der Waals surface area contributed by atoms with Gasteiger partial charge in [-0.3, -0.25) is 4.57 Å². The Bertz CT molecular complexity index is 1760. The van der Waals surface area contributed by atoms with E-state index in [9.17, 15) is 5.11 Å². The molecule has 0 unspecified atom stereocenters. The molecule has 6 aromatic rings. The lowest BCUT2D eigenvalue weighted by molar-refractivity contribution is 0.459. The number of rotatable bonds is 4. The van der Waals surface area contributed by atoms with Crippen molar-refractivity contribution in [3.8, 4) is 34.3 Å². The van der Waals surface area contributed by atoms with Crippen LogP contribution in [0.15, 0.2) is 103 Å². The van der Waals surface area contributed by atoms with E-state index in [1.165, 1.54) is 0 Å². The predicted molar refractivity (Wildman–Crippen MR) is 149 cm³/mol. The summed E-state index contributed by atoms with van der Waals surface area (Å²) in [4.78, 5) is 9.48. The maximum absolute atomic E-state index is 10.7. The first kappa shape index (κ1) is 22.8. The summed E-state index contributed by atoms with van der Waals surface area (Å²) in [6.45, 7) is 6.51. The van der Waals surface area contributed by atoms with E-state index in [2.05, 4.69) is 44.0 Å². The molecule has 0 aliphatic carbocycles. The summed E-state index contributed by atoms with van der Waals surface area (Å²) in [5, 5.41) is 12.8. The Morgan fingerprint density at radius 3 is 2.43 bits per heavy atom. The lowest BCUT2D eigenvalue weighted by atomic mass is 9.88. The molecule has 0 saturated carbocycles.